The fourth-order valence-corrected chi connectivity index (χ4v) is 5.54. The Hall–Kier alpha value is -3.17. The Bertz CT molecular complexity index is 1150. The highest BCUT2D eigenvalue weighted by Crippen LogP contribution is 2.44. The van der Waals surface area contributed by atoms with Crippen molar-refractivity contribution in [1.82, 2.24) is 19.8 Å². The van der Waals surface area contributed by atoms with Crippen molar-refractivity contribution in [2.24, 2.45) is 0 Å². The molecule has 6 rings (SSSR count). The van der Waals surface area contributed by atoms with Crippen molar-refractivity contribution in [1.29, 1.82) is 0 Å². The predicted octanol–water partition coefficient (Wildman–Crippen LogP) is 2.61. The number of fused-ring (bicyclic) bond motifs is 2. The van der Waals surface area contributed by atoms with Gasteiger partial charge < -0.3 is 24.6 Å². The second-order valence-electron chi connectivity index (χ2n) is 9.84. The standard InChI is InChI=1S/C26H32N6O3/c1-4-23(33)32-14-19(15-32)31-12-18(13-31)20-11-21-25(16(2)28-20)35-17(3)24-22(5-6-27-26(24)29-21)30-7-9-34-10-8-30/h4-6,11,17-19H,1,7-10,12-15H2,2-3H3,(H,27,29)/t17-/m1/s1. The molecule has 2 aromatic heterocycles. The maximum atomic E-state index is 11.7. The zero-order chi connectivity index (χ0) is 24.1. The van der Waals surface area contributed by atoms with E-state index in [1.54, 1.807) is 0 Å². The molecule has 1 atom stereocenters. The van der Waals surface area contributed by atoms with Crippen LogP contribution in [0.1, 0.15) is 35.9 Å². The number of likely N-dealkylation sites (tertiary alicyclic amines) is 2. The predicted molar refractivity (Wildman–Crippen MR) is 133 cm³/mol. The van der Waals surface area contributed by atoms with Gasteiger partial charge in [-0.25, -0.2) is 4.98 Å². The summed E-state index contributed by atoms with van der Waals surface area (Å²) in [6.07, 6.45) is 3.10. The van der Waals surface area contributed by atoms with Crippen LogP contribution in [0.15, 0.2) is 31.0 Å². The van der Waals surface area contributed by atoms with E-state index in [0.717, 1.165) is 92.4 Å². The van der Waals surface area contributed by atoms with Crippen LogP contribution >= 0.6 is 0 Å². The Morgan fingerprint density at radius 1 is 1.23 bits per heavy atom. The number of amides is 1. The molecule has 0 spiro atoms. The molecule has 6 heterocycles. The minimum absolute atomic E-state index is 0.0207. The van der Waals surface area contributed by atoms with Crippen molar-refractivity contribution in [3.63, 3.8) is 0 Å². The number of nitrogens with one attached hydrogen (secondary N) is 1. The zero-order valence-corrected chi connectivity index (χ0v) is 20.4. The summed E-state index contributed by atoms with van der Waals surface area (Å²) < 4.78 is 12.0. The maximum Gasteiger partial charge on any atom is 0.246 e. The quantitative estimate of drug-likeness (QED) is 0.675. The number of rotatable bonds is 4. The van der Waals surface area contributed by atoms with E-state index in [1.165, 1.54) is 6.08 Å². The van der Waals surface area contributed by atoms with Gasteiger partial charge in [0, 0.05) is 68.8 Å². The van der Waals surface area contributed by atoms with Gasteiger partial charge in [0.15, 0.2) is 5.75 Å². The van der Waals surface area contributed by atoms with Gasteiger partial charge in [-0.15, -0.1) is 0 Å². The van der Waals surface area contributed by atoms with E-state index in [0.29, 0.717) is 12.0 Å². The average Bonchev–Trinajstić information content (AvgIpc) is 2.96. The molecule has 3 fully saturated rings. The second-order valence-corrected chi connectivity index (χ2v) is 9.84. The molecule has 35 heavy (non-hydrogen) atoms. The lowest BCUT2D eigenvalue weighted by atomic mass is 9.91. The number of aryl methyl sites for hydroxylation is 1. The van der Waals surface area contributed by atoms with Crippen LogP contribution in [0.25, 0.3) is 0 Å². The Balaban J connectivity index is 1.21. The summed E-state index contributed by atoms with van der Waals surface area (Å²) in [6, 6.07) is 4.64. The first-order valence-corrected chi connectivity index (χ1v) is 12.4. The molecular weight excluding hydrogens is 444 g/mol. The topological polar surface area (TPSA) is 83.1 Å². The monoisotopic (exact) mass is 476 g/mol. The first-order valence-electron chi connectivity index (χ1n) is 12.4. The lowest BCUT2D eigenvalue weighted by Gasteiger charge is -2.51. The molecule has 0 radical (unpaired) electrons. The van der Waals surface area contributed by atoms with Gasteiger partial charge in [0.2, 0.25) is 5.91 Å². The van der Waals surface area contributed by atoms with Crippen molar-refractivity contribution in [3.8, 4) is 5.75 Å². The van der Waals surface area contributed by atoms with E-state index in [2.05, 4.69) is 45.7 Å². The van der Waals surface area contributed by atoms with Crippen LogP contribution in [0, 0.1) is 6.92 Å². The van der Waals surface area contributed by atoms with E-state index in [-0.39, 0.29) is 12.0 Å². The lowest BCUT2D eigenvalue weighted by Crippen LogP contribution is -2.65. The fourth-order valence-electron chi connectivity index (χ4n) is 5.54. The van der Waals surface area contributed by atoms with Gasteiger partial charge in [-0.2, -0.15) is 0 Å². The number of morpholine rings is 1. The van der Waals surface area contributed by atoms with Crippen LogP contribution in [0.5, 0.6) is 5.75 Å². The summed E-state index contributed by atoms with van der Waals surface area (Å²) in [4.78, 5) is 28.0. The zero-order valence-electron chi connectivity index (χ0n) is 20.4. The van der Waals surface area contributed by atoms with Crippen LogP contribution < -0.4 is 15.0 Å². The number of ether oxygens (including phenoxy) is 2. The number of anilines is 3. The van der Waals surface area contributed by atoms with Gasteiger partial charge in [0.1, 0.15) is 11.9 Å². The van der Waals surface area contributed by atoms with E-state index in [1.807, 2.05) is 18.0 Å². The van der Waals surface area contributed by atoms with Crippen LogP contribution in [-0.2, 0) is 9.53 Å². The second kappa shape index (κ2) is 8.80. The Morgan fingerprint density at radius 3 is 2.74 bits per heavy atom. The van der Waals surface area contributed by atoms with Crippen molar-refractivity contribution < 1.29 is 14.3 Å². The summed E-state index contributed by atoms with van der Waals surface area (Å²) in [5.41, 5.74) is 5.12. The molecule has 1 amide bonds. The number of hydrogen-bond acceptors (Lipinski definition) is 8. The van der Waals surface area contributed by atoms with Gasteiger partial charge in [0.25, 0.3) is 0 Å². The highest BCUT2D eigenvalue weighted by atomic mass is 16.5. The average molecular weight is 477 g/mol. The number of nitrogens with zero attached hydrogens (tertiary/aromatic N) is 5. The van der Waals surface area contributed by atoms with E-state index in [4.69, 9.17) is 14.5 Å². The summed E-state index contributed by atoms with van der Waals surface area (Å²) in [5, 5.41) is 3.58. The molecule has 9 nitrogen and oxygen atoms in total. The molecule has 4 aliphatic heterocycles. The maximum absolute atomic E-state index is 11.7. The fraction of sp³-hybridized carbons (Fsp3) is 0.500. The number of aromatic nitrogens is 2. The Kier molecular flexibility index (Phi) is 5.61. The summed E-state index contributed by atoms with van der Waals surface area (Å²) >= 11 is 0. The minimum Gasteiger partial charge on any atom is -0.482 e. The molecule has 1 N–H and O–H groups in total. The van der Waals surface area contributed by atoms with Crippen molar-refractivity contribution in [2.45, 2.75) is 31.9 Å². The highest BCUT2D eigenvalue weighted by Gasteiger charge is 2.41. The van der Waals surface area contributed by atoms with Crippen LogP contribution in [0.3, 0.4) is 0 Å². The van der Waals surface area contributed by atoms with E-state index >= 15 is 0 Å². The van der Waals surface area contributed by atoms with Crippen LogP contribution in [-0.4, -0.2) is 84.2 Å². The molecule has 3 saturated heterocycles. The van der Waals surface area contributed by atoms with Gasteiger partial charge in [-0.05, 0) is 32.1 Å². The molecule has 2 aromatic rings. The molecule has 0 aromatic carbocycles. The first-order chi connectivity index (χ1) is 17.0. The Morgan fingerprint density at radius 2 is 2.00 bits per heavy atom. The molecule has 0 unspecified atom stereocenters. The van der Waals surface area contributed by atoms with Crippen molar-refractivity contribution >= 4 is 23.1 Å². The third kappa shape index (κ3) is 3.92. The smallest absolute Gasteiger partial charge is 0.246 e. The number of carbonyl (C=O) groups is 1. The summed E-state index contributed by atoms with van der Waals surface area (Å²) in [6.45, 7) is 14.3. The van der Waals surface area contributed by atoms with E-state index in [9.17, 15) is 4.79 Å². The molecule has 0 saturated carbocycles. The summed E-state index contributed by atoms with van der Waals surface area (Å²) in [7, 11) is 0. The molecule has 4 aliphatic rings. The van der Waals surface area contributed by atoms with Gasteiger partial charge in [0.05, 0.1) is 30.2 Å². The number of pyridine rings is 2. The SMILES string of the molecule is C=CC(=O)N1CC(N2CC(c3cc4c(c(C)n3)O[C@H](C)c3c(N5CCOCC5)ccnc3N4)C2)C1. The lowest BCUT2D eigenvalue weighted by molar-refractivity contribution is -0.134. The van der Waals surface area contributed by atoms with Crippen LogP contribution in [0.2, 0.25) is 0 Å². The molecule has 184 valence electrons. The number of carbonyl (C=O) groups excluding carboxylic acids is 1. The van der Waals surface area contributed by atoms with Crippen LogP contribution in [0.4, 0.5) is 17.2 Å². The molecular formula is C26H32N6O3. The third-order valence-electron chi connectivity index (χ3n) is 7.63. The first kappa shape index (κ1) is 22.3. The molecule has 9 heteroatoms. The highest BCUT2D eigenvalue weighted by molar-refractivity contribution is 5.87. The Labute approximate surface area is 205 Å². The number of hydrogen-bond donors (Lipinski definition) is 1. The largest absolute Gasteiger partial charge is 0.482 e. The molecule has 0 aliphatic carbocycles. The minimum atomic E-state index is -0.157. The van der Waals surface area contributed by atoms with Crippen molar-refractivity contribution in [3.05, 3.63) is 47.9 Å². The van der Waals surface area contributed by atoms with Gasteiger partial charge in [-0.1, -0.05) is 6.58 Å². The van der Waals surface area contributed by atoms with Gasteiger partial charge in [-0.3, -0.25) is 14.7 Å². The van der Waals surface area contributed by atoms with Crippen molar-refractivity contribution in [2.75, 3.05) is 62.7 Å². The molecule has 0 bridgehead atoms. The normalized spacial score (nSPS) is 22.6. The third-order valence-corrected chi connectivity index (χ3v) is 7.63. The van der Waals surface area contributed by atoms with E-state index < -0.39 is 0 Å². The van der Waals surface area contributed by atoms with Gasteiger partial charge >= 0.3 is 0 Å². The summed E-state index contributed by atoms with van der Waals surface area (Å²) in [5.74, 6) is 2.03.